The van der Waals surface area contributed by atoms with Crippen molar-refractivity contribution in [3.05, 3.63) is 42.2 Å². The number of rotatable bonds is 6. The maximum Gasteiger partial charge on any atom is 0.240 e. The van der Waals surface area contributed by atoms with Gasteiger partial charge in [-0.05, 0) is 44.5 Å². The van der Waals surface area contributed by atoms with Crippen LogP contribution in [0.4, 0.5) is 5.13 Å². The minimum atomic E-state index is -0.0923. The number of aryl methyl sites for hydroxylation is 1. The van der Waals surface area contributed by atoms with Crippen molar-refractivity contribution in [3.63, 3.8) is 0 Å². The Bertz CT molecular complexity index is 827. The van der Waals surface area contributed by atoms with E-state index < -0.39 is 0 Å². The van der Waals surface area contributed by atoms with Crippen molar-refractivity contribution in [2.45, 2.75) is 32.9 Å². The lowest BCUT2D eigenvalue weighted by molar-refractivity contribution is -0.115. The minimum Gasteiger partial charge on any atom is -0.304 e. The molecule has 0 aliphatic rings. The van der Waals surface area contributed by atoms with E-state index in [-0.39, 0.29) is 24.5 Å². The quantitative estimate of drug-likeness (QED) is 0.722. The minimum absolute atomic E-state index is 0.0923. The Morgan fingerprint density at radius 1 is 1.38 bits per heavy atom. The number of hydrogen-bond donors (Lipinski definition) is 2. The fourth-order valence-electron chi connectivity index (χ4n) is 2.42. The zero-order chi connectivity index (χ0) is 17.1. The molecular formula is C17H21N5OS. The first-order valence-electron chi connectivity index (χ1n) is 7.92. The van der Waals surface area contributed by atoms with Crippen LogP contribution in [0.2, 0.25) is 0 Å². The number of thiazole rings is 1. The van der Waals surface area contributed by atoms with Crippen LogP contribution < -0.4 is 10.6 Å². The summed E-state index contributed by atoms with van der Waals surface area (Å²) in [5.74, 6) is -0.0923. The maximum atomic E-state index is 12.1. The topological polar surface area (TPSA) is 71.8 Å². The first-order valence-corrected chi connectivity index (χ1v) is 8.74. The summed E-state index contributed by atoms with van der Waals surface area (Å²) in [4.78, 5) is 16.6. The van der Waals surface area contributed by atoms with E-state index in [2.05, 4.69) is 33.7 Å². The lowest BCUT2D eigenvalue weighted by Gasteiger charge is -2.21. The average molecular weight is 343 g/mol. The number of aromatic nitrogens is 3. The number of anilines is 1. The lowest BCUT2D eigenvalue weighted by Crippen LogP contribution is -2.39. The summed E-state index contributed by atoms with van der Waals surface area (Å²) in [6.07, 6.45) is 3.68. The van der Waals surface area contributed by atoms with Crippen LogP contribution in [0.1, 0.15) is 25.5 Å². The van der Waals surface area contributed by atoms with Crippen molar-refractivity contribution >= 4 is 32.6 Å². The zero-order valence-corrected chi connectivity index (χ0v) is 14.8. The summed E-state index contributed by atoms with van der Waals surface area (Å²) < 4.78 is 2.96. The van der Waals surface area contributed by atoms with E-state index in [9.17, 15) is 4.79 Å². The molecule has 0 unspecified atom stereocenters. The molecule has 3 aromatic rings. The van der Waals surface area contributed by atoms with Gasteiger partial charge in [0.25, 0.3) is 0 Å². The molecule has 3 rings (SSSR count). The number of carbonyl (C=O) groups is 1. The summed E-state index contributed by atoms with van der Waals surface area (Å²) >= 11 is 1.49. The van der Waals surface area contributed by atoms with Gasteiger partial charge in [0.15, 0.2) is 5.13 Å². The monoisotopic (exact) mass is 343 g/mol. The SMILES string of the molecule is Cc1ccc2nc(NC(=O)CN[C@@H](C)[C@@H](C)n3cccn3)sc2c1. The molecule has 24 heavy (non-hydrogen) atoms. The van der Waals surface area contributed by atoms with Gasteiger partial charge in [0.2, 0.25) is 5.91 Å². The lowest BCUT2D eigenvalue weighted by atomic mass is 10.2. The van der Waals surface area contributed by atoms with E-state index in [1.54, 1.807) is 6.20 Å². The number of benzene rings is 1. The molecule has 0 saturated heterocycles. The van der Waals surface area contributed by atoms with Gasteiger partial charge in [-0.1, -0.05) is 17.4 Å². The highest BCUT2D eigenvalue weighted by Crippen LogP contribution is 2.26. The smallest absolute Gasteiger partial charge is 0.240 e. The number of nitrogens with one attached hydrogen (secondary N) is 2. The number of fused-ring (bicyclic) bond motifs is 1. The van der Waals surface area contributed by atoms with Gasteiger partial charge in [-0.25, -0.2) is 4.98 Å². The number of hydrogen-bond acceptors (Lipinski definition) is 5. The Kier molecular flexibility index (Phi) is 4.92. The molecule has 2 aromatic heterocycles. The van der Waals surface area contributed by atoms with Crippen LogP contribution >= 0.6 is 11.3 Å². The molecule has 6 nitrogen and oxygen atoms in total. The largest absolute Gasteiger partial charge is 0.304 e. The fraction of sp³-hybridized carbons (Fsp3) is 0.353. The third-order valence-electron chi connectivity index (χ3n) is 4.04. The Morgan fingerprint density at radius 2 is 2.21 bits per heavy atom. The van der Waals surface area contributed by atoms with Crippen LogP contribution in [-0.4, -0.2) is 33.3 Å². The van der Waals surface area contributed by atoms with Gasteiger partial charge in [0, 0.05) is 18.4 Å². The fourth-order valence-corrected chi connectivity index (χ4v) is 3.40. The van der Waals surface area contributed by atoms with Crippen molar-refractivity contribution < 1.29 is 4.79 Å². The van der Waals surface area contributed by atoms with Gasteiger partial charge in [0.1, 0.15) is 0 Å². The zero-order valence-electron chi connectivity index (χ0n) is 14.0. The van der Waals surface area contributed by atoms with Crippen molar-refractivity contribution in [3.8, 4) is 0 Å². The molecule has 0 fully saturated rings. The average Bonchev–Trinajstić information content (AvgIpc) is 3.20. The molecule has 0 radical (unpaired) electrons. The summed E-state index contributed by atoms with van der Waals surface area (Å²) in [6, 6.07) is 8.25. The highest BCUT2D eigenvalue weighted by Gasteiger charge is 2.15. The maximum absolute atomic E-state index is 12.1. The third-order valence-corrected chi connectivity index (χ3v) is 4.97. The van der Waals surface area contributed by atoms with Gasteiger partial charge in [-0.2, -0.15) is 5.10 Å². The number of carbonyl (C=O) groups excluding carboxylic acids is 1. The second kappa shape index (κ2) is 7.11. The summed E-state index contributed by atoms with van der Waals surface area (Å²) in [7, 11) is 0. The van der Waals surface area contributed by atoms with E-state index in [1.807, 2.05) is 42.9 Å². The Hall–Kier alpha value is -2.25. The molecule has 2 heterocycles. The van der Waals surface area contributed by atoms with Gasteiger partial charge in [-0.3, -0.25) is 9.48 Å². The first-order chi connectivity index (χ1) is 11.5. The molecule has 0 spiro atoms. The predicted molar refractivity (Wildman–Crippen MR) is 97.4 cm³/mol. The Balaban J connectivity index is 1.55. The third kappa shape index (κ3) is 3.80. The van der Waals surface area contributed by atoms with E-state index in [0.717, 1.165) is 10.2 Å². The number of amides is 1. The first kappa shape index (κ1) is 16.6. The molecule has 126 valence electrons. The molecule has 1 aromatic carbocycles. The van der Waals surface area contributed by atoms with Gasteiger partial charge >= 0.3 is 0 Å². The van der Waals surface area contributed by atoms with E-state index in [4.69, 9.17) is 0 Å². The second-order valence-electron chi connectivity index (χ2n) is 5.93. The van der Waals surface area contributed by atoms with Gasteiger partial charge < -0.3 is 10.6 Å². The molecule has 1 amide bonds. The Labute approximate surface area is 144 Å². The van der Waals surface area contributed by atoms with Crippen molar-refractivity contribution in [1.82, 2.24) is 20.1 Å². The molecule has 0 bridgehead atoms. The molecule has 2 atom stereocenters. The van der Waals surface area contributed by atoms with Crippen molar-refractivity contribution in [2.75, 3.05) is 11.9 Å². The summed E-state index contributed by atoms with van der Waals surface area (Å²) in [5.41, 5.74) is 2.10. The molecule has 2 N–H and O–H groups in total. The summed E-state index contributed by atoms with van der Waals surface area (Å²) in [6.45, 7) is 6.39. The van der Waals surface area contributed by atoms with Crippen LogP contribution in [-0.2, 0) is 4.79 Å². The summed E-state index contributed by atoms with van der Waals surface area (Å²) in [5, 5.41) is 11.0. The molecule has 7 heteroatoms. The Morgan fingerprint density at radius 3 is 2.96 bits per heavy atom. The van der Waals surface area contributed by atoms with Gasteiger partial charge in [0.05, 0.1) is 22.8 Å². The normalized spacial score (nSPS) is 13.8. The second-order valence-corrected chi connectivity index (χ2v) is 6.97. The standard InChI is InChI=1S/C17H21N5OS/c1-11-5-6-14-15(9-11)24-17(20-14)21-16(23)10-18-12(2)13(3)22-8-4-7-19-22/h4-9,12-13,18H,10H2,1-3H3,(H,20,21,23)/t12-,13+/m0/s1. The highest BCUT2D eigenvalue weighted by atomic mass is 32.1. The molecule has 0 aliphatic carbocycles. The van der Waals surface area contributed by atoms with E-state index in [1.165, 1.54) is 16.9 Å². The predicted octanol–water partition coefficient (Wildman–Crippen LogP) is 2.98. The van der Waals surface area contributed by atoms with Crippen LogP contribution in [0, 0.1) is 6.92 Å². The van der Waals surface area contributed by atoms with Crippen LogP contribution in [0.25, 0.3) is 10.2 Å². The highest BCUT2D eigenvalue weighted by molar-refractivity contribution is 7.22. The van der Waals surface area contributed by atoms with Crippen LogP contribution in [0.5, 0.6) is 0 Å². The van der Waals surface area contributed by atoms with Gasteiger partial charge in [-0.15, -0.1) is 0 Å². The molecular weight excluding hydrogens is 322 g/mol. The molecule has 0 saturated carbocycles. The van der Waals surface area contributed by atoms with Crippen LogP contribution in [0.3, 0.4) is 0 Å². The van der Waals surface area contributed by atoms with E-state index >= 15 is 0 Å². The number of nitrogens with zero attached hydrogens (tertiary/aromatic N) is 3. The van der Waals surface area contributed by atoms with Crippen LogP contribution in [0.15, 0.2) is 36.7 Å². The molecule has 0 aliphatic heterocycles. The van der Waals surface area contributed by atoms with E-state index in [0.29, 0.717) is 5.13 Å². The van der Waals surface area contributed by atoms with Crippen molar-refractivity contribution in [2.24, 2.45) is 0 Å². The van der Waals surface area contributed by atoms with Crippen molar-refractivity contribution in [1.29, 1.82) is 0 Å².